The van der Waals surface area contributed by atoms with E-state index in [2.05, 4.69) is 9.97 Å². The molecule has 1 amide bonds. The molecule has 6 nitrogen and oxygen atoms in total. The highest BCUT2D eigenvalue weighted by molar-refractivity contribution is 5.97. The van der Waals surface area contributed by atoms with Gasteiger partial charge in [0.25, 0.3) is 5.91 Å². The second-order valence-corrected chi connectivity index (χ2v) is 3.75. The van der Waals surface area contributed by atoms with Crippen molar-refractivity contribution in [2.24, 2.45) is 5.73 Å². The Hall–Kier alpha value is -1.92. The van der Waals surface area contributed by atoms with Crippen LogP contribution in [0.3, 0.4) is 0 Å². The Morgan fingerprint density at radius 2 is 2.41 bits per heavy atom. The van der Waals surface area contributed by atoms with E-state index in [0.29, 0.717) is 5.69 Å². The molecule has 0 saturated carbocycles. The van der Waals surface area contributed by atoms with Gasteiger partial charge < -0.3 is 20.7 Å². The minimum atomic E-state index is -1.17. The standard InChI is InChI=1S/C11H14N4O2/c1-15(11(17)10(16)5-12)7-2-3-8-9(4-7)14-6-13-8/h2-4,6,10,16H,5,12H2,1H3,(H,13,14). The zero-order chi connectivity index (χ0) is 12.4. The van der Waals surface area contributed by atoms with Gasteiger partial charge in [0.1, 0.15) is 6.10 Å². The van der Waals surface area contributed by atoms with Gasteiger partial charge in [-0.1, -0.05) is 0 Å². The second kappa shape index (κ2) is 4.52. The van der Waals surface area contributed by atoms with Crippen molar-refractivity contribution in [1.82, 2.24) is 9.97 Å². The Bertz CT molecular complexity index is 537. The molecule has 2 rings (SSSR count). The summed E-state index contributed by atoms with van der Waals surface area (Å²) in [7, 11) is 1.60. The van der Waals surface area contributed by atoms with Crippen molar-refractivity contribution in [2.45, 2.75) is 6.10 Å². The molecule has 0 spiro atoms. The number of nitrogens with two attached hydrogens (primary N) is 1. The fourth-order valence-electron chi connectivity index (χ4n) is 1.58. The zero-order valence-corrected chi connectivity index (χ0v) is 9.42. The van der Waals surface area contributed by atoms with Crippen molar-refractivity contribution in [3.63, 3.8) is 0 Å². The minimum Gasteiger partial charge on any atom is -0.382 e. The normalized spacial score (nSPS) is 12.6. The molecule has 4 N–H and O–H groups in total. The van der Waals surface area contributed by atoms with E-state index in [1.807, 2.05) is 0 Å². The molecule has 0 saturated heterocycles. The number of aliphatic hydroxyl groups is 1. The number of aromatic nitrogens is 2. The Morgan fingerprint density at radius 3 is 3.12 bits per heavy atom. The number of likely N-dealkylation sites (N-methyl/N-ethyl adjacent to an activating group) is 1. The summed E-state index contributed by atoms with van der Waals surface area (Å²) in [5.74, 6) is -0.425. The van der Waals surface area contributed by atoms with Crippen LogP contribution in [-0.4, -0.2) is 40.7 Å². The van der Waals surface area contributed by atoms with E-state index >= 15 is 0 Å². The van der Waals surface area contributed by atoms with Crippen molar-refractivity contribution < 1.29 is 9.90 Å². The Morgan fingerprint density at radius 1 is 1.65 bits per heavy atom. The maximum Gasteiger partial charge on any atom is 0.256 e. The first kappa shape index (κ1) is 11.6. The number of carbonyl (C=O) groups is 1. The third-order valence-corrected chi connectivity index (χ3v) is 2.63. The van der Waals surface area contributed by atoms with Gasteiger partial charge in [0.15, 0.2) is 0 Å². The van der Waals surface area contributed by atoms with E-state index in [9.17, 15) is 9.90 Å². The van der Waals surface area contributed by atoms with Crippen LogP contribution in [0.1, 0.15) is 0 Å². The van der Waals surface area contributed by atoms with Crippen LogP contribution < -0.4 is 10.6 Å². The zero-order valence-electron chi connectivity index (χ0n) is 9.42. The number of H-pyrrole nitrogens is 1. The molecule has 17 heavy (non-hydrogen) atoms. The SMILES string of the molecule is CN(C(=O)C(O)CN)c1ccc2nc[nH]c2c1. The molecule has 6 heteroatoms. The summed E-state index contributed by atoms with van der Waals surface area (Å²) in [6.45, 7) is -0.0878. The van der Waals surface area contributed by atoms with Crippen LogP contribution in [0.2, 0.25) is 0 Å². The Kier molecular flexibility index (Phi) is 3.08. The van der Waals surface area contributed by atoms with Crippen molar-refractivity contribution in [3.05, 3.63) is 24.5 Å². The highest BCUT2D eigenvalue weighted by Crippen LogP contribution is 2.19. The summed E-state index contributed by atoms with van der Waals surface area (Å²) in [5.41, 5.74) is 7.59. The third kappa shape index (κ3) is 2.13. The lowest BCUT2D eigenvalue weighted by Gasteiger charge is -2.19. The van der Waals surface area contributed by atoms with Crippen LogP contribution in [0, 0.1) is 0 Å². The molecular formula is C11H14N4O2. The predicted octanol–water partition coefficient (Wildman–Crippen LogP) is -0.155. The number of fused-ring (bicyclic) bond motifs is 1. The highest BCUT2D eigenvalue weighted by atomic mass is 16.3. The molecule has 1 unspecified atom stereocenters. The van der Waals surface area contributed by atoms with Crippen molar-refractivity contribution >= 4 is 22.6 Å². The molecule has 1 aromatic heterocycles. The third-order valence-electron chi connectivity index (χ3n) is 2.63. The van der Waals surface area contributed by atoms with Gasteiger partial charge in [-0.3, -0.25) is 4.79 Å². The van der Waals surface area contributed by atoms with Crippen LogP contribution in [0.15, 0.2) is 24.5 Å². The van der Waals surface area contributed by atoms with Crippen LogP contribution >= 0.6 is 0 Å². The molecule has 90 valence electrons. The molecule has 0 radical (unpaired) electrons. The van der Waals surface area contributed by atoms with Gasteiger partial charge in [-0.15, -0.1) is 0 Å². The predicted molar refractivity (Wildman–Crippen MR) is 64.6 cm³/mol. The molecule has 1 heterocycles. The van der Waals surface area contributed by atoms with Gasteiger partial charge in [-0.05, 0) is 18.2 Å². The molecule has 0 aliphatic carbocycles. The number of aromatic amines is 1. The van der Waals surface area contributed by atoms with Gasteiger partial charge in [-0.2, -0.15) is 0 Å². The van der Waals surface area contributed by atoms with Crippen LogP contribution in [0.25, 0.3) is 11.0 Å². The number of aliphatic hydroxyl groups excluding tert-OH is 1. The minimum absolute atomic E-state index is 0.0878. The average molecular weight is 234 g/mol. The number of hydrogen-bond donors (Lipinski definition) is 3. The Balaban J connectivity index is 2.29. The van der Waals surface area contributed by atoms with Gasteiger partial charge in [0, 0.05) is 19.3 Å². The van der Waals surface area contributed by atoms with E-state index in [4.69, 9.17) is 5.73 Å². The smallest absolute Gasteiger partial charge is 0.256 e. The van der Waals surface area contributed by atoms with Gasteiger partial charge >= 0.3 is 0 Å². The fraction of sp³-hybridized carbons (Fsp3) is 0.273. The molecule has 0 fully saturated rings. The monoisotopic (exact) mass is 234 g/mol. The summed E-state index contributed by atoms with van der Waals surface area (Å²) < 4.78 is 0. The van der Waals surface area contributed by atoms with Gasteiger partial charge in [0.2, 0.25) is 0 Å². The first-order chi connectivity index (χ1) is 8.13. The molecule has 0 aliphatic rings. The second-order valence-electron chi connectivity index (χ2n) is 3.75. The molecule has 0 aliphatic heterocycles. The van der Waals surface area contributed by atoms with Crippen LogP contribution in [0.5, 0.6) is 0 Å². The molecule has 1 atom stereocenters. The number of amides is 1. The summed E-state index contributed by atoms with van der Waals surface area (Å²) in [4.78, 5) is 20.1. The van der Waals surface area contributed by atoms with Crippen molar-refractivity contribution in [3.8, 4) is 0 Å². The van der Waals surface area contributed by atoms with Crippen LogP contribution in [0.4, 0.5) is 5.69 Å². The lowest BCUT2D eigenvalue weighted by Crippen LogP contribution is -2.40. The van der Waals surface area contributed by atoms with Crippen molar-refractivity contribution in [2.75, 3.05) is 18.5 Å². The topological polar surface area (TPSA) is 95.2 Å². The largest absolute Gasteiger partial charge is 0.382 e. The van der Waals surface area contributed by atoms with Gasteiger partial charge in [0.05, 0.1) is 17.4 Å². The van der Waals surface area contributed by atoms with E-state index in [1.165, 1.54) is 4.90 Å². The lowest BCUT2D eigenvalue weighted by atomic mass is 10.2. The van der Waals surface area contributed by atoms with Crippen LogP contribution in [-0.2, 0) is 4.79 Å². The summed E-state index contributed by atoms with van der Waals surface area (Å²) in [5, 5.41) is 9.40. The number of rotatable bonds is 3. The quantitative estimate of drug-likeness (QED) is 0.688. The number of benzene rings is 1. The first-order valence-electron chi connectivity index (χ1n) is 5.22. The molecular weight excluding hydrogens is 220 g/mol. The lowest BCUT2D eigenvalue weighted by molar-refractivity contribution is -0.125. The number of hydrogen-bond acceptors (Lipinski definition) is 4. The highest BCUT2D eigenvalue weighted by Gasteiger charge is 2.19. The van der Waals surface area contributed by atoms with Crippen molar-refractivity contribution in [1.29, 1.82) is 0 Å². The fourth-order valence-corrected chi connectivity index (χ4v) is 1.58. The number of imidazole rings is 1. The van der Waals surface area contributed by atoms with E-state index in [0.717, 1.165) is 11.0 Å². The number of carbonyl (C=O) groups excluding carboxylic acids is 1. The summed E-state index contributed by atoms with van der Waals surface area (Å²) in [6, 6.07) is 5.37. The molecule has 0 bridgehead atoms. The van der Waals surface area contributed by atoms with Gasteiger partial charge in [-0.25, -0.2) is 4.98 Å². The van der Waals surface area contributed by atoms with E-state index in [-0.39, 0.29) is 6.54 Å². The van der Waals surface area contributed by atoms with E-state index < -0.39 is 12.0 Å². The molecule has 1 aromatic carbocycles. The first-order valence-corrected chi connectivity index (χ1v) is 5.22. The number of nitrogens with one attached hydrogen (secondary N) is 1. The molecule has 2 aromatic rings. The summed E-state index contributed by atoms with van der Waals surface area (Å²) >= 11 is 0. The number of anilines is 1. The average Bonchev–Trinajstić information content (AvgIpc) is 2.83. The maximum absolute atomic E-state index is 11.7. The van der Waals surface area contributed by atoms with E-state index in [1.54, 1.807) is 31.6 Å². The summed E-state index contributed by atoms with van der Waals surface area (Å²) in [6.07, 6.45) is 0.419. The number of nitrogens with zero attached hydrogens (tertiary/aromatic N) is 2. The Labute approximate surface area is 98.1 Å². The maximum atomic E-state index is 11.7.